The van der Waals surface area contributed by atoms with Crippen molar-refractivity contribution in [2.75, 3.05) is 6.66 Å². The highest BCUT2D eigenvalue weighted by Crippen LogP contribution is 2.25. The maximum atomic E-state index is 11.8. The maximum Gasteiger partial charge on any atom is 0.573 e. The molecule has 0 aliphatic rings. The molecule has 78 valence electrons. The summed E-state index contributed by atoms with van der Waals surface area (Å²) in [4.78, 5) is 0. The minimum Gasteiger partial charge on any atom is -0.406 e. The molecule has 0 bridgehead atoms. The normalized spacial score (nSPS) is 12.3. The summed E-state index contributed by atoms with van der Waals surface area (Å²) in [5.74, 6) is -0.145. The van der Waals surface area contributed by atoms with Gasteiger partial charge in [-0.15, -0.1) is 21.8 Å². The molecule has 0 aliphatic heterocycles. The fraction of sp³-hybridized carbons (Fsp3) is 0.333. The lowest BCUT2D eigenvalue weighted by Gasteiger charge is -2.09. The van der Waals surface area contributed by atoms with E-state index in [2.05, 4.69) is 4.74 Å². The Labute approximate surface area is 82.1 Å². The molecule has 0 radical (unpaired) electrons. The van der Waals surface area contributed by atoms with Gasteiger partial charge in [0.2, 0.25) is 0 Å². The molecule has 0 saturated heterocycles. The van der Waals surface area contributed by atoms with Crippen LogP contribution in [0.3, 0.4) is 0 Å². The van der Waals surface area contributed by atoms with Gasteiger partial charge in [-0.2, -0.15) is 0 Å². The molecular formula is C9H10F3OP. The first-order valence-corrected chi connectivity index (χ1v) is 5.71. The second-order valence-corrected chi connectivity index (χ2v) is 3.79. The molecule has 14 heavy (non-hydrogen) atoms. The Morgan fingerprint density at radius 2 is 2.07 bits per heavy atom. The molecule has 1 nitrogen and oxygen atoms in total. The monoisotopic (exact) mass is 222 g/mol. The molecule has 0 N–H and O–H groups in total. The molecular weight excluding hydrogens is 212 g/mol. The van der Waals surface area contributed by atoms with Crippen molar-refractivity contribution in [3.63, 3.8) is 0 Å². The van der Waals surface area contributed by atoms with Gasteiger partial charge in [0, 0.05) is 0 Å². The number of hydrogen-bond acceptors (Lipinski definition) is 1. The van der Waals surface area contributed by atoms with Crippen molar-refractivity contribution < 1.29 is 17.9 Å². The lowest BCUT2D eigenvalue weighted by atomic mass is 10.2. The van der Waals surface area contributed by atoms with Crippen LogP contribution in [-0.2, 0) is 6.16 Å². The molecule has 1 atom stereocenters. The van der Waals surface area contributed by atoms with Crippen molar-refractivity contribution in [1.29, 1.82) is 0 Å². The molecule has 0 aliphatic carbocycles. The van der Waals surface area contributed by atoms with Crippen molar-refractivity contribution in [3.05, 3.63) is 29.8 Å². The number of rotatable bonds is 3. The smallest absolute Gasteiger partial charge is 0.406 e. The Bertz CT molecular complexity index is 298. The van der Waals surface area contributed by atoms with Crippen molar-refractivity contribution in [2.24, 2.45) is 0 Å². The first-order valence-electron chi connectivity index (χ1n) is 4.00. The number of alkyl halides is 3. The summed E-state index contributed by atoms with van der Waals surface area (Å²) < 4.78 is 39.3. The molecule has 0 aromatic heterocycles. The van der Waals surface area contributed by atoms with Gasteiger partial charge in [0.1, 0.15) is 5.75 Å². The largest absolute Gasteiger partial charge is 0.573 e. The Morgan fingerprint density at radius 1 is 1.36 bits per heavy atom. The number of hydrogen-bond donors (Lipinski definition) is 0. The van der Waals surface area contributed by atoms with E-state index in [1.54, 1.807) is 12.1 Å². The Kier molecular flexibility index (Phi) is 3.76. The minimum atomic E-state index is -4.60. The van der Waals surface area contributed by atoms with Crippen molar-refractivity contribution >= 4 is 8.58 Å². The quantitative estimate of drug-likeness (QED) is 0.712. The van der Waals surface area contributed by atoms with Gasteiger partial charge >= 0.3 is 6.36 Å². The van der Waals surface area contributed by atoms with Gasteiger partial charge in [0.15, 0.2) is 0 Å². The third kappa shape index (κ3) is 3.97. The van der Waals surface area contributed by atoms with Crippen molar-refractivity contribution in [2.45, 2.75) is 12.5 Å². The third-order valence-electron chi connectivity index (χ3n) is 1.51. The highest BCUT2D eigenvalue weighted by Gasteiger charge is 2.30. The molecule has 1 aromatic carbocycles. The van der Waals surface area contributed by atoms with E-state index in [1.807, 2.05) is 6.66 Å². The highest BCUT2D eigenvalue weighted by molar-refractivity contribution is 7.36. The predicted molar refractivity (Wildman–Crippen MR) is 51.1 cm³/mol. The fourth-order valence-corrected chi connectivity index (χ4v) is 1.68. The van der Waals surface area contributed by atoms with E-state index in [4.69, 9.17) is 0 Å². The van der Waals surface area contributed by atoms with Crippen LogP contribution in [-0.4, -0.2) is 13.0 Å². The first-order chi connectivity index (χ1) is 6.51. The van der Waals surface area contributed by atoms with Crippen LogP contribution in [0.25, 0.3) is 0 Å². The van der Waals surface area contributed by atoms with Crippen LogP contribution in [0.2, 0.25) is 0 Å². The van der Waals surface area contributed by atoms with E-state index in [0.29, 0.717) is 8.58 Å². The van der Waals surface area contributed by atoms with Gasteiger partial charge in [-0.1, -0.05) is 12.1 Å². The standard InChI is InChI=1S/C9H10F3OP/c1-14-6-7-3-2-4-8(5-7)13-9(10,11)12/h2-5,14H,6H2,1H3. The second kappa shape index (κ2) is 4.65. The van der Waals surface area contributed by atoms with Crippen LogP contribution in [0.1, 0.15) is 5.56 Å². The minimum absolute atomic E-state index is 0.145. The number of halogens is 3. The number of benzene rings is 1. The fourth-order valence-electron chi connectivity index (χ4n) is 1.06. The number of ether oxygens (including phenoxy) is 1. The van der Waals surface area contributed by atoms with Crippen molar-refractivity contribution in [3.8, 4) is 5.75 Å². The zero-order valence-corrected chi connectivity index (χ0v) is 8.56. The van der Waals surface area contributed by atoms with Crippen LogP contribution in [0.15, 0.2) is 24.3 Å². The van der Waals surface area contributed by atoms with Crippen LogP contribution < -0.4 is 4.74 Å². The van der Waals surface area contributed by atoms with Gasteiger partial charge in [-0.25, -0.2) is 0 Å². The zero-order valence-electron chi connectivity index (χ0n) is 7.56. The summed E-state index contributed by atoms with van der Waals surface area (Å²) in [7, 11) is 0.683. The molecule has 0 saturated carbocycles. The van der Waals surface area contributed by atoms with E-state index in [-0.39, 0.29) is 5.75 Å². The van der Waals surface area contributed by atoms with Crippen LogP contribution in [0.4, 0.5) is 13.2 Å². The van der Waals surface area contributed by atoms with E-state index < -0.39 is 6.36 Å². The average molecular weight is 222 g/mol. The van der Waals surface area contributed by atoms with Gasteiger partial charge in [0.05, 0.1) is 0 Å². The lowest BCUT2D eigenvalue weighted by molar-refractivity contribution is -0.274. The summed E-state index contributed by atoms with van der Waals surface area (Å²) in [6.07, 6.45) is -3.82. The molecule has 0 fully saturated rings. The third-order valence-corrected chi connectivity index (χ3v) is 2.27. The maximum absolute atomic E-state index is 11.8. The van der Waals surface area contributed by atoms with Gasteiger partial charge in [-0.3, -0.25) is 0 Å². The van der Waals surface area contributed by atoms with Crippen LogP contribution in [0, 0.1) is 0 Å². The Hall–Kier alpha value is -0.760. The van der Waals surface area contributed by atoms with Gasteiger partial charge in [0.25, 0.3) is 0 Å². The van der Waals surface area contributed by atoms with Gasteiger partial charge < -0.3 is 4.74 Å². The molecule has 1 rings (SSSR count). The Balaban J connectivity index is 2.73. The highest BCUT2D eigenvalue weighted by atomic mass is 31.1. The first kappa shape index (κ1) is 11.3. The van der Waals surface area contributed by atoms with Crippen LogP contribution >= 0.6 is 8.58 Å². The van der Waals surface area contributed by atoms with Crippen molar-refractivity contribution in [1.82, 2.24) is 0 Å². The zero-order chi connectivity index (χ0) is 10.6. The van der Waals surface area contributed by atoms with Gasteiger partial charge in [-0.05, 0) is 30.5 Å². The van der Waals surface area contributed by atoms with Crippen LogP contribution in [0.5, 0.6) is 5.75 Å². The Morgan fingerprint density at radius 3 is 2.64 bits per heavy atom. The molecule has 5 heteroatoms. The SMILES string of the molecule is CPCc1cccc(OC(F)(F)F)c1. The molecule has 0 spiro atoms. The summed E-state index contributed by atoms with van der Waals surface area (Å²) in [5, 5.41) is 0. The van der Waals surface area contributed by atoms with E-state index in [9.17, 15) is 13.2 Å². The lowest BCUT2D eigenvalue weighted by Crippen LogP contribution is -2.17. The predicted octanol–water partition coefficient (Wildman–Crippen LogP) is 3.39. The second-order valence-electron chi connectivity index (χ2n) is 2.73. The van der Waals surface area contributed by atoms with E-state index >= 15 is 0 Å². The molecule has 0 amide bonds. The summed E-state index contributed by atoms with van der Waals surface area (Å²) >= 11 is 0. The molecule has 1 unspecified atom stereocenters. The molecule has 1 aromatic rings. The van der Waals surface area contributed by atoms with E-state index in [1.165, 1.54) is 12.1 Å². The summed E-state index contributed by atoms with van der Waals surface area (Å²) in [6, 6.07) is 6.08. The topological polar surface area (TPSA) is 9.23 Å². The summed E-state index contributed by atoms with van der Waals surface area (Å²) in [5.41, 5.74) is 0.868. The van der Waals surface area contributed by atoms with E-state index in [0.717, 1.165) is 11.7 Å². The molecule has 0 heterocycles. The average Bonchev–Trinajstić information content (AvgIpc) is 2.02. The summed E-state index contributed by atoms with van der Waals surface area (Å²) in [6.45, 7) is 2.00.